The number of carboxylic acid groups (broad SMARTS) is 1. The van der Waals surface area contributed by atoms with Gasteiger partial charge in [0.25, 0.3) is 5.91 Å². The van der Waals surface area contributed by atoms with Crippen LogP contribution in [-0.2, 0) is 4.79 Å². The van der Waals surface area contributed by atoms with Gasteiger partial charge in [-0.05, 0) is 56.7 Å². The van der Waals surface area contributed by atoms with Crippen molar-refractivity contribution in [3.8, 4) is 5.75 Å². The van der Waals surface area contributed by atoms with Crippen LogP contribution >= 0.6 is 0 Å². The van der Waals surface area contributed by atoms with Crippen molar-refractivity contribution >= 4 is 17.6 Å². The molecular formula is C18H18NO4-. The number of carbonyl (C=O) groups excluding carboxylic acids is 2. The summed E-state index contributed by atoms with van der Waals surface area (Å²) in [6.45, 7) is 5.31. The normalized spacial score (nSPS) is 11.6. The molecule has 0 heterocycles. The van der Waals surface area contributed by atoms with Crippen molar-refractivity contribution in [2.45, 2.75) is 26.9 Å². The summed E-state index contributed by atoms with van der Waals surface area (Å²) in [7, 11) is 0. The first-order valence-electron chi connectivity index (χ1n) is 7.23. The first-order valence-corrected chi connectivity index (χ1v) is 7.23. The predicted octanol–water partition coefficient (Wildman–Crippen LogP) is 2.07. The number of aryl methyl sites for hydroxylation is 2. The number of aliphatic carboxylic acids is 1. The highest BCUT2D eigenvalue weighted by molar-refractivity contribution is 6.04. The molecule has 1 N–H and O–H groups in total. The molecule has 0 saturated heterocycles. The zero-order valence-electron chi connectivity index (χ0n) is 13.3. The van der Waals surface area contributed by atoms with Crippen LogP contribution in [-0.4, -0.2) is 18.0 Å². The third kappa shape index (κ3) is 4.32. The van der Waals surface area contributed by atoms with Gasteiger partial charge in [0, 0.05) is 11.3 Å². The van der Waals surface area contributed by atoms with Gasteiger partial charge in [-0.3, -0.25) is 4.79 Å². The quantitative estimate of drug-likeness (QED) is 0.916. The second kappa shape index (κ2) is 6.96. The summed E-state index contributed by atoms with van der Waals surface area (Å²) in [5, 5.41) is 13.5. The Balaban J connectivity index is 2.06. The summed E-state index contributed by atoms with van der Waals surface area (Å²) in [5.41, 5.74) is 3.33. The molecule has 1 atom stereocenters. The number of anilines is 1. The van der Waals surface area contributed by atoms with Crippen molar-refractivity contribution in [2.75, 3.05) is 5.32 Å². The van der Waals surface area contributed by atoms with Crippen LogP contribution in [0.2, 0.25) is 0 Å². The van der Waals surface area contributed by atoms with E-state index in [1.165, 1.54) is 6.92 Å². The lowest BCUT2D eigenvalue weighted by Gasteiger charge is -2.15. The van der Waals surface area contributed by atoms with Gasteiger partial charge < -0.3 is 20.0 Å². The van der Waals surface area contributed by atoms with E-state index in [1.54, 1.807) is 24.3 Å². The first-order chi connectivity index (χ1) is 10.9. The summed E-state index contributed by atoms with van der Waals surface area (Å²) in [4.78, 5) is 22.9. The van der Waals surface area contributed by atoms with Crippen LogP contribution in [0.1, 0.15) is 28.4 Å². The molecule has 0 aliphatic carbocycles. The van der Waals surface area contributed by atoms with Gasteiger partial charge in [-0.1, -0.05) is 17.7 Å². The summed E-state index contributed by atoms with van der Waals surface area (Å²) in [6, 6.07) is 12.1. The van der Waals surface area contributed by atoms with Crippen LogP contribution in [0.3, 0.4) is 0 Å². The molecular weight excluding hydrogens is 294 g/mol. The number of carbonyl (C=O) groups is 2. The van der Waals surface area contributed by atoms with Crippen LogP contribution in [0.5, 0.6) is 5.75 Å². The molecule has 0 bridgehead atoms. The van der Waals surface area contributed by atoms with Gasteiger partial charge in [0.15, 0.2) is 0 Å². The summed E-state index contributed by atoms with van der Waals surface area (Å²) in [6.07, 6.45) is -1.05. The van der Waals surface area contributed by atoms with Gasteiger partial charge in [-0.25, -0.2) is 0 Å². The SMILES string of the molecule is Cc1ccc(NC(=O)c2ccc(O[C@H](C)C(=O)[O-])cc2)c(C)c1. The Labute approximate surface area is 134 Å². The van der Waals surface area contributed by atoms with Gasteiger partial charge in [-0.2, -0.15) is 0 Å². The predicted molar refractivity (Wildman–Crippen MR) is 85.4 cm³/mol. The number of hydrogen-bond acceptors (Lipinski definition) is 4. The van der Waals surface area contributed by atoms with E-state index in [9.17, 15) is 14.7 Å². The highest BCUT2D eigenvalue weighted by Gasteiger charge is 2.09. The number of ether oxygens (including phenoxy) is 1. The molecule has 0 saturated carbocycles. The van der Waals surface area contributed by atoms with Crippen molar-refractivity contribution in [1.29, 1.82) is 0 Å². The van der Waals surface area contributed by atoms with Crippen molar-refractivity contribution in [2.24, 2.45) is 0 Å². The monoisotopic (exact) mass is 312 g/mol. The number of hydrogen-bond donors (Lipinski definition) is 1. The largest absolute Gasteiger partial charge is 0.546 e. The molecule has 0 aliphatic heterocycles. The molecule has 1 amide bonds. The third-order valence-corrected chi connectivity index (χ3v) is 3.39. The second-order valence-corrected chi connectivity index (χ2v) is 5.38. The van der Waals surface area contributed by atoms with E-state index in [2.05, 4.69) is 5.32 Å². The number of carboxylic acids is 1. The van der Waals surface area contributed by atoms with Crippen molar-refractivity contribution in [1.82, 2.24) is 0 Å². The summed E-state index contributed by atoms with van der Waals surface area (Å²) >= 11 is 0. The van der Waals surface area contributed by atoms with Gasteiger partial charge in [0.1, 0.15) is 11.9 Å². The molecule has 2 rings (SSSR count). The zero-order valence-corrected chi connectivity index (χ0v) is 13.3. The maximum absolute atomic E-state index is 12.2. The third-order valence-electron chi connectivity index (χ3n) is 3.39. The Hall–Kier alpha value is -2.82. The Morgan fingerprint density at radius 2 is 1.74 bits per heavy atom. The molecule has 0 radical (unpaired) electrons. The number of rotatable bonds is 5. The van der Waals surface area contributed by atoms with E-state index in [4.69, 9.17) is 4.74 Å². The molecule has 5 nitrogen and oxygen atoms in total. The molecule has 0 unspecified atom stereocenters. The molecule has 0 fully saturated rings. The van der Waals surface area contributed by atoms with Gasteiger partial charge >= 0.3 is 0 Å². The number of nitrogens with one attached hydrogen (secondary N) is 1. The van der Waals surface area contributed by atoms with E-state index in [1.807, 2.05) is 32.0 Å². The lowest BCUT2D eigenvalue weighted by Crippen LogP contribution is -2.37. The van der Waals surface area contributed by atoms with Gasteiger partial charge in [-0.15, -0.1) is 0 Å². The van der Waals surface area contributed by atoms with E-state index < -0.39 is 12.1 Å². The Morgan fingerprint density at radius 1 is 1.09 bits per heavy atom. The average molecular weight is 312 g/mol. The highest BCUT2D eigenvalue weighted by Crippen LogP contribution is 2.18. The molecule has 0 aliphatic rings. The van der Waals surface area contributed by atoms with Crippen LogP contribution in [0.4, 0.5) is 5.69 Å². The maximum Gasteiger partial charge on any atom is 0.255 e. The van der Waals surface area contributed by atoms with Crippen LogP contribution in [0.25, 0.3) is 0 Å². The topological polar surface area (TPSA) is 78.5 Å². The fraction of sp³-hybridized carbons (Fsp3) is 0.222. The molecule has 23 heavy (non-hydrogen) atoms. The fourth-order valence-electron chi connectivity index (χ4n) is 2.09. The minimum atomic E-state index is -1.29. The van der Waals surface area contributed by atoms with Crippen molar-refractivity contribution in [3.63, 3.8) is 0 Å². The Bertz CT molecular complexity index is 722. The highest BCUT2D eigenvalue weighted by atomic mass is 16.5. The molecule has 2 aromatic carbocycles. The van der Waals surface area contributed by atoms with Crippen LogP contribution in [0, 0.1) is 13.8 Å². The van der Waals surface area contributed by atoms with Crippen molar-refractivity contribution < 1.29 is 19.4 Å². The molecule has 5 heteroatoms. The van der Waals surface area contributed by atoms with Crippen molar-refractivity contribution in [3.05, 3.63) is 59.2 Å². The van der Waals surface area contributed by atoms with Crippen LogP contribution in [0.15, 0.2) is 42.5 Å². The standard InChI is InChI=1S/C18H19NO4/c1-11-4-9-16(12(2)10-11)19-17(20)14-5-7-15(8-6-14)23-13(3)18(21)22/h4-10,13H,1-3H3,(H,19,20)(H,21,22)/p-1/t13-/m1/s1. The van der Waals surface area contributed by atoms with Gasteiger partial charge in [0.05, 0.1) is 5.97 Å². The molecule has 2 aromatic rings. The minimum Gasteiger partial charge on any atom is -0.546 e. The minimum absolute atomic E-state index is 0.239. The Kier molecular flexibility index (Phi) is 5.01. The average Bonchev–Trinajstić information content (AvgIpc) is 2.50. The second-order valence-electron chi connectivity index (χ2n) is 5.38. The maximum atomic E-state index is 12.2. The van der Waals surface area contributed by atoms with E-state index in [0.29, 0.717) is 11.3 Å². The van der Waals surface area contributed by atoms with E-state index in [0.717, 1.165) is 16.8 Å². The molecule has 0 aromatic heterocycles. The Morgan fingerprint density at radius 3 is 2.30 bits per heavy atom. The lowest BCUT2D eigenvalue weighted by atomic mass is 10.1. The van der Waals surface area contributed by atoms with Gasteiger partial charge in [0.2, 0.25) is 0 Å². The molecule has 0 spiro atoms. The first kappa shape index (κ1) is 16.5. The van der Waals surface area contributed by atoms with E-state index in [-0.39, 0.29) is 5.91 Å². The van der Waals surface area contributed by atoms with Crippen LogP contribution < -0.4 is 15.2 Å². The van der Waals surface area contributed by atoms with E-state index >= 15 is 0 Å². The zero-order chi connectivity index (χ0) is 17.0. The lowest BCUT2D eigenvalue weighted by molar-refractivity contribution is -0.312. The fourth-order valence-corrected chi connectivity index (χ4v) is 2.09. The summed E-state index contributed by atoms with van der Waals surface area (Å²) < 4.78 is 5.17. The summed E-state index contributed by atoms with van der Waals surface area (Å²) in [5.74, 6) is -1.16. The smallest absolute Gasteiger partial charge is 0.255 e. The molecule has 120 valence electrons. The number of benzene rings is 2. The number of amides is 1.